The van der Waals surface area contributed by atoms with Crippen LogP contribution in [0.2, 0.25) is 0 Å². The van der Waals surface area contributed by atoms with Crippen molar-refractivity contribution >= 4 is 43.2 Å². The van der Waals surface area contributed by atoms with Crippen molar-refractivity contribution in [2.75, 3.05) is 0 Å². The third-order valence-corrected chi connectivity index (χ3v) is 0. The summed E-state index contributed by atoms with van der Waals surface area (Å²) >= 11 is 0. The van der Waals surface area contributed by atoms with Crippen molar-refractivity contribution < 1.29 is 0 Å². The Balaban J connectivity index is 0. The smallest absolute Gasteiger partial charge is 0 e. The SMILES string of the molecule is [AsH3].[B].[B].[B]. The molecule has 0 aromatic carbocycles. The first kappa shape index (κ1) is 118. The normalized spacial score (nSPS) is 0. The van der Waals surface area contributed by atoms with Crippen molar-refractivity contribution in [3.63, 3.8) is 0 Å². The fourth-order valence-electron chi connectivity index (χ4n) is 0. The van der Waals surface area contributed by atoms with Gasteiger partial charge in [-0.1, -0.05) is 0 Å². The van der Waals surface area contributed by atoms with E-state index in [-0.39, 0.29) is 43.2 Å². The largest absolute Gasteiger partial charge is 0 e. The summed E-state index contributed by atoms with van der Waals surface area (Å²) in [7, 11) is 0. The Morgan fingerprint density at radius 1 is 0.500 bits per heavy atom. The molecule has 0 saturated heterocycles. The summed E-state index contributed by atoms with van der Waals surface area (Å²) < 4.78 is 0. The molecule has 4 heavy (non-hydrogen) atoms. The van der Waals surface area contributed by atoms with Gasteiger partial charge in [-0.2, -0.15) is 0 Å². The summed E-state index contributed by atoms with van der Waals surface area (Å²) in [6.07, 6.45) is 0. The van der Waals surface area contributed by atoms with Crippen LogP contribution in [0.4, 0.5) is 0 Å². The van der Waals surface area contributed by atoms with Crippen LogP contribution < -0.4 is 0 Å². The van der Waals surface area contributed by atoms with Crippen molar-refractivity contribution in [2.45, 2.75) is 0 Å². The van der Waals surface area contributed by atoms with E-state index in [0.29, 0.717) is 0 Å². The Morgan fingerprint density at radius 2 is 0.500 bits per heavy atom. The Bertz CT molecular complexity index is 3.25. The second kappa shape index (κ2) is 50.1. The van der Waals surface area contributed by atoms with Gasteiger partial charge in [0.05, 0.1) is 0 Å². The van der Waals surface area contributed by atoms with Crippen LogP contribution in [0.1, 0.15) is 0 Å². The predicted octanol–water partition coefficient (Wildman–Crippen LogP) is -2.33. The molecule has 17 valence electrons. The second-order valence-electron chi connectivity index (χ2n) is 0. The minimum Gasteiger partial charge on any atom is 0 e. The molecule has 0 rings (SSSR count). The van der Waals surface area contributed by atoms with Crippen LogP contribution in [0.25, 0.3) is 0 Å². The molecule has 0 aromatic heterocycles. The Kier molecular flexibility index (Phi) is 1480. The van der Waals surface area contributed by atoms with Gasteiger partial charge in [0.2, 0.25) is 0 Å². The Morgan fingerprint density at radius 3 is 0.500 bits per heavy atom. The third-order valence-electron chi connectivity index (χ3n) is 0. The molecular weight excluding hydrogens is 107 g/mol. The molecule has 0 N–H and O–H groups in total. The molecule has 0 saturated carbocycles. The predicted molar refractivity (Wildman–Crippen MR) is 27.2 cm³/mol. The van der Waals surface area contributed by atoms with Crippen LogP contribution in [0.5, 0.6) is 0 Å². The zero-order chi connectivity index (χ0) is 0. The molecule has 0 bridgehead atoms. The van der Waals surface area contributed by atoms with Gasteiger partial charge in [0.15, 0.2) is 0 Å². The maximum atomic E-state index is 0. The van der Waals surface area contributed by atoms with Crippen LogP contribution in [-0.2, 0) is 0 Å². The van der Waals surface area contributed by atoms with Gasteiger partial charge in [0.25, 0.3) is 0 Å². The first-order valence-corrected chi connectivity index (χ1v) is 0. The molecular formula is H3AsB3. The Hall–Kier alpha value is 0.753. The minimum absolute atomic E-state index is 0. The monoisotopic (exact) mass is 111 g/mol. The Labute approximate surface area is 43.8 Å². The maximum Gasteiger partial charge on any atom is 0 e. The van der Waals surface area contributed by atoms with E-state index in [0.717, 1.165) is 0 Å². The fraction of sp³-hybridized carbons (Fsp3) is 0. The molecule has 0 nitrogen and oxygen atoms in total. The summed E-state index contributed by atoms with van der Waals surface area (Å²) in [6.45, 7) is 0. The van der Waals surface area contributed by atoms with E-state index in [9.17, 15) is 0 Å². The topological polar surface area (TPSA) is 0 Å². The van der Waals surface area contributed by atoms with Crippen LogP contribution in [0, 0.1) is 0 Å². The number of hydrogen-bond acceptors (Lipinski definition) is 0. The van der Waals surface area contributed by atoms with Gasteiger partial charge < -0.3 is 0 Å². The van der Waals surface area contributed by atoms with Crippen molar-refractivity contribution in [3.05, 3.63) is 0 Å². The quantitative estimate of drug-likeness (QED) is 0.307. The van der Waals surface area contributed by atoms with Crippen molar-refractivity contribution in [3.8, 4) is 0 Å². The average Bonchev–Trinajstić information content (AvgIpc) is 0. The van der Waals surface area contributed by atoms with Gasteiger partial charge in [0.1, 0.15) is 0 Å². The van der Waals surface area contributed by atoms with Gasteiger partial charge in [-0.15, -0.1) is 0 Å². The van der Waals surface area contributed by atoms with Crippen LogP contribution in [0.15, 0.2) is 0 Å². The summed E-state index contributed by atoms with van der Waals surface area (Å²) in [5.74, 6) is 0. The van der Waals surface area contributed by atoms with Crippen LogP contribution in [-0.4, -0.2) is 43.2 Å². The van der Waals surface area contributed by atoms with E-state index >= 15 is 0 Å². The summed E-state index contributed by atoms with van der Waals surface area (Å²) in [5, 5.41) is 0. The molecule has 4 heteroatoms. The van der Waals surface area contributed by atoms with E-state index in [1.807, 2.05) is 0 Å². The van der Waals surface area contributed by atoms with Gasteiger partial charge in [0, 0.05) is 25.2 Å². The van der Waals surface area contributed by atoms with E-state index in [1.165, 1.54) is 0 Å². The zero-order valence-corrected chi connectivity index (χ0v) is 5.41. The molecule has 0 spiro atoms. The molecule has 1 unspecified atom stereocenters. The summed E-state index contributed by atoms with van der Waals surface area (Å²) in [4.78, 5) is 0. The molecule has 9 radical (unpaired) electrons. The van der Waals surface area contributed by atoms with Gasteiger partial charge in [-0.3, -0.25) is 0 Å². The summed E-state index contributed by atoms with van der Waals surface area (Å²) in [6, 6.07) is 0. The second-order valence-corrected chi connectivity index (χ2v) is 0. The number of rotatable bonds is 0. The molecule has 0 aliphatic rings. The van der Waals surface area contributed by atoms with Crippen LogP contribution in [0.3, 0.4) is 0 Å². The fourth-order valence-corrected chi connectivity index (χ4v) is 0. The zero-order valence-electron chi connectivity index (χ0n) is 2.44. The van der Waals surface area contributed by atoms with Gasteiger partial charge >= 0.3 is 18.0 Å². The first-order chi connectivity index (χ1) is 0. The third kappa shape index (κ3) is 14.9. The minimum atomic E-state index is 0. The molecule has 0 fully saturated rings. The first-order valence-electron chi connectivity index (χ1n) is 0. The van der Waals surface area contributed by atoms with Crippen molar-refractivity contribution in [1.82, 2.24) is 0 Å². The summed E-state index contributed by atoms with van der Waals surface area (Å²) in [5.41, 5.74) is 0. The molecule has 0 aromatic rings. The van der Waals surface area contributed by atoms with E-state index in [2.05, 4.69) is 0 Å². The maximum absolute atomic E-state index is 0. The van der Waals surface area contributed by atoms with E-state index in [1.54, 1.807) is 0 Å². The molecule has 0 aliphatic carbocycles. The molecule has 0 amide bonds. The van der Waals surface area contributed by atoms with Crippen LogP contribution >= 0.6 is 0 Å². The van der Waals surface area contributed by atoms with Crippen molar-refractivity contribution in [2.24, 2.45) is 0 Å². The van der Waals surface area contributed by atoms with Crippen molar-refractivity contribution in [1.29, 1.82) is 0 Å². The molecule has 0 aliphatic heterocycles. The molecule has 0 heterocycles. The molecule has 1 atom stereocenters. The van der Waals surface area contributed by atoms with Gasteiger partial charge in [-0.25, -0.2) is 0 Å². The number of hydrogen-bond donors (Lipinski definition) is 0. The average molecular weight is 110 g/mol. The van der Waals surface area contributed by atoms with E-state index < -0.39 is 0 Å². The van der Waals surface area contributed by atoms with Gasteiger partial charge in [-0.05, 0) is 0 Å². The standard InChI is InChI=1S/AsH3.3B/h1H3;;;. The van der Waals surface area contributed by atoms with E-state index in [4.69, 9.17) is 0 Å².